The summed E-state index contributed by atoms with van der Waals surface area (Å²) in [5.74, 6) is -0.857. The Kier molecular flexibility index (Phi) is 7.28. The summed E-state index contributed by atoms with van der Waals surface area (Å²) in [4.78, 5) is 39.0. The van der Waals surface area contributed by atoms with Crippen molar-refractivity contribution in [1.82, 2.24) is 5.32 Å². The lowest BCUT2D eigenvalue weighted by Crippen LogP contribution is -2.45. The van der Waals surface area contributed by atoms with E-state index in [0.717, 1.165) is 31.2 Å². The van der Waals surface area contributed by atoms with Crippen LogP contribution >= 0.6 is 0 Å². The van der Waals surface area contributed by atoms with E-state index in [4.69, 9.17) is 4.74 Å². The molecule has 3 amide bonds. The van der Waals surface area contributed by atoms with E-state index in [9.17, 15) is 14.4 Å². The molecule has 0 atom stereocenters. The Bertz CT molecular complexity index is 923. The Labute approximate surface area is 182 Å². The number of anilines is 2. The number of carbonyl (C=O) groups is 3. The van der Waals surface area contributed by atoms with E-state index in [1.165, 1.54) is 4.90 Å². The number of hydrogen-bond donors (Lipinski definition) is 2. The maximum absolute atomic E-state index is 12.9. The van der Waals surface area contributed by atoms with Gasteiger partial charge in [0.15, 0.2) is 0 Å². The summed E-state index contributed by atoms with van der Waals surface area (Å²) in [6, 6.07) is 15.8. The smallest absolute Gasteiger partial charge is 0.326 e. The van der Waals surface area contributed by atoms with Gasteiger partial charge >= 0.3 is 12.0 Å². The minimum atomic E-state index is -0.493. The number of nitrogens with one attached hydrogen (secondary N) is 2. The average Bonchev–Trinajstić information content (AvgIpc) is 3.16. The number of benzene rings is 2. The zero-order chi connectivity index (χ0) is 22.3. The minimum absolute atomic E-state index is 0.209. The molecule has 2 aromatic rings. The zero-order valence-corrected chi connectivity index (χ0v) is 18.0. The normalized spacial score (nSPS) is 14.5. The standard InChI is InChI=1S/C24H29N3O4/c1-18-9-8-10-19(15-18)26-23(30)25-16-21(28)27(20-11-4-3-5-12-20)17-22(29)31-24(2)13-6-7-14-24/h3-5,8-12,15H,6-7,13-14,16-17H2,1-2H3,(H2,25,26,30). The number of rotatable bonds is 7. The van der Waals surface area contributed by atoms with Crippen molar-refractivity contribution in [3.8, 4) is 0 Å². The summed E-state index contributed by atoms with van der Waals surface area (Å²) in [7, 11) is 0. The first-order valence-corrected chi connectivity index (χ1v) is 10.5. The molecule has 0 aromatic heterocycles. The number of ether oxygens (including phenoxy) is 1. The van der Waals surface area contributed by atoms with Crippen LogP contribution < -0.4 is 15.5 Å². The molecule has 0 radical (unpaired) electrons. The Balaban J connectivity index is 1.61. The van der Waals surface area contributed by atoms with Crippen LogP contribution in [0.15, 0.2) is 54.6 Å². The number of para-hydroxylation sites is 1. The summed E-state index contributed by atoms with van der Waals surface area (Å²) in [5, 5.41) is 5.26. The Morgan fingerprint density at radius 1 is 1.03 bits per heavy atom. The molecule has 1 saturated carbocycles. The molecule has 2 aromatic carbocycles. The van der Waals surface area contributed by atoms with Gasteiger partial charge < -0.3 is 15.4 Å². The van der Waals surface area contributed by atoms with Gasteiger partial charge in [-0.15, -0.1) is 0 Å². The van der Waals surface area contributed by atoms with Crippen molar-refractivity contribution in [2.24, 2.45) is 0 Å². The second kappa shape index (κ2) is 10.1. The molecule has 0 bridgehead atoms. The molecule has 1 aliphatic rings. The van der Waals surface area contributed by atoms with Crippen LogP contribution in [0, 0.1) is 6.92 Å². The van der Waals surface area contributed by atoms with Gasteiger partial charge in [0.05, 0.1) is 6.54 Å². The molecule has 0 heterocycles. The van der Waals surface area contributed by atoms with Crippen LogP contribution in [0.5, 0.6) is 0 Å². The van der Waals surface area contributed by atoms with Crippen molar-refractivity contribution >= 4 is 29.3 Å². The molecule has 3 rings (SSSR count). The number of hydrogen-bond acceptors (Lipinski definition) is 4. The minimum Gasteiger partial charge on any atom is -0.458 e. The van der Waals surface area contributed by atoms with Gasteiger partial charge in [-0.1, -0.05) is 30.3 Å². The maximum atomic E-state index is 12.9. The highest BCUT2D eigenvalue weighted by Crippen LogP contribution is 2.32. The van der Waals surface area contributed by atoms with Gasteiger partial charge in [-0.3, -0.25) is 14.5 Å². The summed E-state index contributed by atoms with van der Waals surface area (Å²) in [6.45, 7) is 3.40. The van der Waals surface area contributed by atoms with Gasteiger partial charge in [-0.2, -0.15) is 0 Å². The monoisotopic (exact) mass is 423 g/mol. The summed E-state index contributed by atoms with van der Waals surface area (Å²) < 4.78 is 5.68. The van der Waals surface area contributed by atoms with Gasteiger partial charge in [0.1, 0.15) is 12.1 Å². The van der Waals surface area contributed by atoms with Crippen LogP contribution in [0.25, 0.3) is 0 Å². The van der Waals surface area contributed by atoms with Gasteiger partial charge in [-0.25, -0.2) is 4.79 Å². The first-order chi connectivity index (χ1) is 14.8. The Hall–Kier alpha value is -3.35. The number of esters is 1. The molecule has 0 aliphatic heterocycles. The highest BCUT2D eigenvalue weighted by atomic mass is 16.6. The van der Waals surface area contributed by atoms with Crippen LogP contribution in [0.2, 0.25) is 0 Å². The molecule has 1 aliphatic carbocycles. The SMILES string of the molecule is Cc1cccc(NC(=O)NCC(=O)N(CC(=O)OC2(C)CCCC2)c2ccccc2)c1. The third-order valence-electron chi connectivity index (χ3n) is 5.35. The second-order valence-electron chi connectivity index (χ2n) is 8.12. The molecule has 0 spiro atoms. The first-order valence-electron chi connectivity index (χ1n) is 10.5. The van der Waals surface area contributed by atoms with E-state index < -0.39 is 23.5 Å². The predicted molar refractivity (Wildman–Crippen MR) is 120 cm³/mol. The van der Waals surface area contributed by atoms with Gasteiger partial charge in [0, 0.05) is 11.4 Å². The van der Waals surface area contributed by atoms with E-state index in [0.29, 0.717) is 11.4 Å². The van der Waals surface area contributed by atoms with Crippen LogP contribution in [-0.2, 0) is 14.3 Å². The number of carbonyl (C=O) groups excluding carboxylic acids is 3. The quantitative estimate of drug-likeness (QED) is 0.659. The van der Waals surface area contributed by atoms with E-state index in [2.05, 4.69) is 10.6 Å². The molecule has 7 nitrogen and oxygen atoms in total. The fourth-order valence-corrected chi connectivity index (χ4v) is 3.74. The lowest BCUT2D eigenvalue weighted by atomic mass is 10.1. The third kappa shape index (κ3) is 6.57. The molecule has 31 heavy (non-hydrogen) atoms. The van der Waals surface area contributed by atoms with Crippen molar-refractivity contribution in [3.63, 3.8) is 0 Å². The van der Waals surface area contributed by atoms with Crippen LogP contribution in [0.3, 0.4) is 0 Å². The van der Waals surface area contributed by atoms with Crippen LogP contribution in [-0.4, -0.2) is 36.6 Å². The topological polar surface area (TPSA) is 87.7 Å². The summed E-state index contributed by atoms with van der Waals surface area (Å²) in [5.41, 5.74) is 1.76. The van der Waals surface area contributed by atoms with Gasteiger partial charge in [0.25, 0.3) is 0 Å². The zero-order valence-electron chi connectivity index (χ0n) is 18.0. The van der Waals surface area contributed by atoms with E-state index in [1.54, 1.807) is 30.3 Å². The van der Waals surface area contributed by atoms with Crippen LogP contribution in [0.4, 0.5) is 16.2 Å². The Morgan fingerprint density at radius 3 is 2.42 bits per heavy atom. The van der Waals surface area contributed by atoms with Gasteiger partial charge in [0.2, 0.25) is 5.91 Å². The molecule has 7 heteroatoms. The number of amides is 3. The number of urea groups is 1. The first kappa shape index (κ1) is 22.3. The van der Waals surface area contributed by atoms with Crippen molar-refractivity contribution in [2.45, 2.75) is 45.1 Å². The highest BCUT2D eigenvalue weighted by molar-refractivity contribution is 6.01. The number of nitrogens with zero attached hydrogens (tertiary/aromatic N) is 1. The molecular weight excluding hydrogens is 394 g/mol. The summed E-state index contributed by atoms with van der Waals surface area (Å²) in [6.07, 6.45) is 3.73. The van der Waals surface area contributed by atoms with Crippen molar-refractivity contribution in [3.05, 3.63) is 60.2 Å². The fourth-order valence-electron chi connectivity index (χ4n) is 3.74. The lowest BCUT2D eigenvalue weighted by molar-refractivity contribution is -0.156. The maximum Gasteiger partial charge on any atom is 0.326 e. The lowest BCUT2D eigenvalue weighted by Gasteiger charge is -2.27. The molecule has 2 N–H and O–H groups in total. The van der Waals surface area contributed by atoms with Crippen LogP contribution in [0.1, 0.15) is 38.2 Å². The van der Waals surface area contributed by atoms with Crippen molar-refractivity contribution in [2.75, 3.05) is 23.3 Å². The van der Waals surface area contributed by atoms with E-state index >= 15 is 0 Å². The average molecular weight is 424 g/mol. The fraction of sp³-hybridized carbons (Fsp3) is 0.375. The van der Waals surface area contributed by atoms with E-state index in [-0.39, 0.29) is 13.1 Å². The molecule has 1 fully saturated rings. The third-order valence-corrected chi connectivity index (χ3v) is 5.35. The molecule has 0 saturated heterocycles. The summed E-state index contributed by atoms with van der Waals surface area (Å²) >= 11 is 0. The van der Waals surface area contributed by atoms with E-state index in [1.807, 2.05) is 38.1 Å². The van der Waals surface area contributed by atoms with Gasteiger partial charge in [-0.05, 0) is 69.4 Å². The largest absolute Gasteiger partial charge is 0.458 e. The van der Waals surface area contributed by atoms with Crippen molar-refractivity contribution in [1.29, 1.82) is 0 Å². The predicted octanol–water partition coefficient (Wildman–Crippen LogP) is 4.03. The molecule has 164 valence electrons. The second-order valence-corrected chi connectivity index (χ2v) is 8.12. The highest BCUT2D eigenvalue weighted by Gasteiger charge is 2.33. The molecule has 0 unspecified atom stereocenters. The Morgan fingerprint density at radius 2 is 1.74 bits per heavy atom. The number of aryl methyl sites for hydroxylation is 1. The molecular formula is C24H29N3O4. The van der Waals surface area contributed by atoms with Crippen molar-refractivity contribution < 1.29 is 19.1 Å².